The van der Waals surface area contributed by atoms with Gasteiger partial charge in [0.05, 0.1) is 0 Å². The van der Waals surface area contributed by atoms with E-state index < -0.39 is 10.0 Å². The predicted octanol–water partition coefficient (Wildman–Crippen LogP) is 0.922. The third-order valence-corrected chi connectivity index (χ3v) is 5.88. The van der Waals surface area contributed by atoms with Crippen LogP contribution in [0, 0.1) is 5.92 Å². The van der Waals surface area contributed by atoms with Gasteiger partial charge in [-0.25, -0.2) is 13.4 Å². The number of H-pyrrole nitrogens is 1. The Morgan fingerprint density at radius 2 is 2.15 bits per heavy atom. The summed E-state index contributed by atoms with van der Waals surface area (Å²) in [5, 5.41) is 0.647. The SMILES string of the molecule is NCC1CCN(S(=O)(=O)c2c[nH]c3ncccc23)CC1. The van der Waals surface area contributed by atoms with Crippen LogP contribution in [0.4, 0.5) is 0 Å². The Morgan fingerprint density at radius 3 is 2.85 bits per heavy atom. The molecule has 20 heavy (non-hydrogen) atoms. The van der Waals surface area contributed by atoms with Crippen LogP contribution in [0.1, 0.15) is 12.8 Å². The number of pyridine rings is 1. The highest BCUT2D eigenvalue weighted by Gasteiger charge is 2.30. The van der Waals surface area contributed by atoms with E-state index in [1.807, 2.05) is 0 Å². The number of aromatic amines is 1. The Balaban J connectivity index is 1.92. The number of hydrogen-bond donors (Lipinski definition) is 2. The smallest absolute Gasteiger partial charge is 0.245 e. The van der Waals surface area contributed by atoms with Crippen molar-refractivity contribution in [3.8, 4) is 0 Å². The molecule has 3 heterocycles. The summed E-state index contributed by atoms with van der Waals surface area (Å²) < 4.78 is 27.0. The van der Waals surface area contributed by atoms with Gasteiger partial charge in [0, 0.05) is 30.9 Å². The van der Waals surface area contributed by atoms with E-state index in [0.717, 1.165) is 12.8 Å². The van der Waals surface area contributed by atoms with Crippen LogP contribution in [-0.2, 0) is 10.0 Å². The average molecular weight is 294 g/mol. The lowest BCUT2D eigenvalue weighted by atomic mass is 9.99. The van der Waals surface area contributed by atoms with Gasteiger partial charge < -0.3 is 10.7 Å². The second-order valence-corrected chi connectivity index (χ2v) is 7.04. The van der Waals surface area contributed by atoms with Crippen molar-refractivity contribution in [3.05, 3.63) is 24.5 Å². The van der Waals surface area contributed by atoms with Crippen LogP contribution < -0.4 is 5.73 Å². The zero-order chi connectivity index (χ0) is 14.2. The number of aromatic nitrogens is 2. The molecule has 2 aromatic rings. The lowest BCUT2D eigenvalue weighted by Crippen LogP contribution is -2.39. The summed E-state index contributed by atoms with van der Waals surface area (Å²) in [4.78, 5) is 7.36. The molecular formula is C13H18N4O2S. The summed E-state index contributed by atoms with van der Waals surface area (Å²) in [5.41, 5.74) is 6.25. The third-order valence-electron chi connectivity index (χ3n) is 3.94. The van der Waals surface area contributed by atoms with Crippen LogP contribution in [0.5, 0.6) is 0 Å². The third kappa shape index (κ3) is 2.21. The van der Waals surface area contributed by atoms with Crippen molar-refractivity contribution in [2.45, 2.75) is 17.7 Å². The fraction of sp³-hybridized carbons (Fsp3) is 0.462. The van der Waals surface area contributed by atoms with E-state index in [9.17, 15) is 8.42 Å². The van der Waals surface area contributed by atoms with Crippen LogP contribution in [0.15, 0.2) is 29.4 Å². The second kappa shape index (κ2) is 5.16. The zero-order valence-electron chi connectivity index (χ0n) is 11.1. The maximum Gasteiger partial charge on any atom is 0.245 e. The van der Waals surface area contributed by atoms with Gasteiger partial charge in [-0.15, -0.1) is 0 Å². The van der Waals surface area contributed by atoms with E-state index in [4.69, 9.17) is 5.73 Å². The number of nitrogens with zero attached hydrogens (tertiary/aromatic N) is 2. The summed E-state index contributed by atoms with van der Waals surface area (Å²) in [6.07, 6.45) is 4.83. The summed E-state index contributed by atoms with van der Waals surface area (Å²) in [7, 11) is -3.46. The Labute approximate surface area is 118 Å². The minimum absolute atomic E-state index is 0.312. The van der Waals surface area contributed by atoms with Crippen LogP contribution in [0.2, 0.25) is 0 Å². The zero-order valence-corrected chi connectivity index (χ0v) is 11.9. The molecule has 1 aliphatic rings. The van der Waals surface area contributed by atoms with Gasteiger partial charge in [-0.05, 0) is 37.4 Å². The highest BCUT2D eigenvalue weighted by molar-refractivity contribution is 7.89. The molecule has 3 N–H and O–H groups in total. The fourth-order valence-electron chi connectivity index (χ4n) is 2.67. The number of rotatable bonds is 3. The molecule has 1 fully saturated rings. The standard InChI is InChI=1S/C13H18N4O2S/c14-8-10-3-6-17(7-4-10)20(18,19)12-9-16-13-11(12)2-1-5-15-13/h1-2,5,9-10H,3-4,6-8,14H2,(H,15,16). The molecule has 0 bridgehead atoms. The normalized spacial score (nSPS) is 18.6. The Morgan fingerprint density at radius 1 is 1.40 bits per heavy atom. The molecule has 0 atom stereocenters. The monoisotopic (exact) mass is 294 g/mol. The number of nitrogens with two attached hydrogens (primary N) is 1. The molecule has 0 saturated carbocycles. The molecule has 0 aliphatic carbocycles. The minimum Gasteiger partial charge on any atom is -0.345 e. The van der Waals surface area contributed by atoms with Crippen molar-refractivity contribution in [1.29, 1.82) is 0 Å². The first-order valence-electron chi connectivity index (χ1n) is 6.75. The molecule has 0 spiro atoms. The highest BCUT2D eigenvalue weighted by atomic mass is 32.2. The molecule has 6 nitrogen and oxygen atoms in total. The quantitative estimate of drug-likeness (QED) is 0.880. The maximum absolute atomic E-state index is 12.7. The first-order chi connectivity index (χ1) is 9.63. The van der Waals surface area contributed by atoms with E-state index in [0.29, 0.717) is 41.5 Å². The largest absolute Gasteiger partial charge is 0.345 e. The number of piperidine rings is 1. The number of fused-ring (bicyclic) bond motifs is 1. The Kier molecular flexibility index (Phi) is 3.49. The maximum atomic E-state index is 12.7. The summed E-state index contributed by atoms with van der Waals surface area (Å²) >= 11 is 0. The van der Waals surface area contributed by atoms with Gasteiger partial charge >= 0.3 is 0 Å². The molecule has 0 radical (unpaired) electrons. The summed E-state index contributed by atoms with van der Waals surface area (Å²) in [6, 6.07) is 3.52. The van der Waals surface area contributed by atoms with E-state index in [2.05, 4.69) is 9.97 Å². The molecule has 2 aromatic heterocycles. The van der Waals surface area contributed by atoms with Crippen molar-refractivity contribution in [2.24, 2.45) is 11.7 Å². The predicted molar refractivity (Wildman–Crippen MR) is 76.6 cm³/mol. The Hall–Kier alpha value is -1.44. The lowest BCUT2D eigenvalue weighted by Gasteiger charge is -2.30. The summed E-state index contributed by atoms with van der Waals surface area (Å²) in [6.45, 7) is 1.71. The number of sulfonamides is 1. The van der Waals surface area contributed by atoms with Crippen LogP contribution in [-0.4, -0.2) is 42.3 Å². The molecule has 0 unspecified atom stereocenters. The van der Waals surface area contributed by atoms with E-state index >= 15 is 0 Å². The van der Waals surface area contributed by atoms with Crippen molar-refractivity contribution in [3.63, 3.8) is 0 Å². The molecule has 3 rings (SSSR count). The van der Waals surface area contributed by atoms with Crippen molar-refractivity contribution in [2.75, 3.05) is 19.6 Å². The van der Waals surface area contributed by atoms with Crippen molar-refractivity contribution >= 4 is 21.1 Å². The molecular weight excluding hydrogens is 276 g/mol. The molecule has 7 heteroatoms. The van der Waals surface area contributed by atoms with Crippen molar-refractivity contribution in [1.82, 2.24) is 14.3 Å². The van der Waals surface area contributed by atoms with Gasteiger partial charge in [0.15, 0.2) is 0 Å². The summed E-state index contributed by atoms with van der Waals surface area (Å²) in [5.74, 6) is 0.436. The number of nitrogens with one attached hydrogen (secondary N) is 1. The lowest BCUT2D eigenvalue weighted by molar-refractivity contribution is 0.278. The second-order valence-electron chi connectivity index (χ2n) is 5.14. The average Bonchev–Trinajstić information content (AvgIpc) is 2.92. The van der Waals surface area contributed by atoms with Crippen LogP contribution >= 0.6 is 0 Å². The van der Waals surface area contributed by atoms with Gasteiger partial charge in [-0.1, -0.05) is 0 Å². The fourth-order valence-corrected chi connectivity index (χ4v) is 4.29. The van der Waals surface area contributed by atoms with Crippen LogP contribution in [0.25, 0.3) is 11.0 Å². The topological polar surface area (TPSA) is 92.1 Å². The van der Waals surface area contributed by atoms with E-state index in [-0.39, 0.29) is 0 Å². The van der Waals surface area contributed by atoms with Gasteiger partial charge in [0.2, 0.25) is 10.0 Å². The number of hydrogen-bond acceptors (Lipinski definition) is 4. The molecule has 1 aliphatic heterocycles. The van der Waals surface area contributed by atoms with Gasteiger partial charge in [0.1, 0.15) is 10.5 Å². The molecule has 0 amide bonds. The van der Waals surface area contributed by atoms with Crippen LogP contribution in [0.3, 0.4) is 0 Å². The van der Waals surface area contributed by atoms with Crippen molar-refractivity contribution < 1.29 is 8.42 Å². The van der Waals surface area contributed by atoms with Gasteiger partial charge in [-0.2, -0.15) is 4.31 Å². The van der Waals surface area contributed by atoms with E-state index in [1.54, 1.807) is 22.6 Å². The van der Waals surface area contributed by atoms with Gasteiger partial charge in [0.25, 0.3) is 0 Å². The Bertz CT molecular complexity index is 702. The highest BCUT2D eigenvalue weighted by Crippen LogP contribution is 2.27. The van der Waals surface area contributed by atoms with Gasteiger partial charge in [-0.3, -0.25) is 0 Å². The van der Waals surface area contributed by atoms with E-state index in [1.165, 1.54) is 6.20 Å². The minimum atomic E-state index is -3.46. The first kappa shape index (κ1) is 13.5. The molecule has 1 saturated heterocycles. The first-order valence-corrected chi connectivity index (χ1v) is 8.19. The molecule has 108 valence electrons. The molecule has 0 aromatic carbocycles.